The lowest BCUT2D eigenvalue weighted by Crippen LogP contribution is -2.23. The average molecular weight is 340 g/mol. The van der Waals surface area contributed by atoms with Gasteiger partial charge >= 0.3 is 0 Å². The van der Waals surface area contributed by atoms with E-state index in [0.29, 0.717) is 17.1 Å². The molecule has 0 aliphatic heterocycles. The summed E-state index contributed by atoms with van der Waals surface area (Å²) in [5, 5.41) is 3.34. The Hall–Kier alpha value is -1.39. The first-order chi connectivity index (χ1) is 9.04. The van der Waals surface area contributed by atoms with Gasteiger partial charge in [-0.15, -0.1) is 0 Å². The molecule has 1 N–H and O–H groups in total. The predicted octanol–water partition coefficient (Wildman–Crippen LogP) is 3.74. The quantitative estimate of drug-likeness (QED) is 0.925. The van der Waals surface area contributed by atoms with Crippen molar-refractivity contribution in [2.75, 3.05) is 0 Å². The molecule has 0 saturated heterocycles. The molecule has 98 valence electrons. The molecule has 0 fully saturated rings. The van der Waals surface area contributed by atoms with E-state index in [1.54, 1.807) is 18.2 Å². The Bertz CT molecular complexity index is 596. The third-order valence-electron chi connectivity index (χ3n) is 2.50. The molecule has 0 atom stereocenters. The van der Waals surface area contributed by atoms with Crippen molar-refractivity contribution >= 4 is 33.4 Å². The topological polar surface area (TPSA) is 42.0 Å². The van der Waals surface area contributed by atoms with Crippen LogP contribution in [-0.2, 0) is 6.54 Å². The zero-order valence-corrected chi connectivity index (χ0v) is 12.6. The van der Waals surface area contributed by atoms with Crippen LogP contribution in [0.4, 0.5) is 0 Å². The van der Waals surface area contributed by atoms with Gasteiger partial charge in [-0.25, -0.2) is 0 Å². The van der Waals surface area contributed by atoms with Crippen LogP contribution in [0.3, 0.4) is 0 Å². The van der Waals surface area contributed by atoms with Crippen molar-refractivity contribution in [1.29, 1.82) is 0 Å². The second-order valence-corrected chi connectivity index (χ2v) is 5.46. The number of aryl methyl sites for hydroxylation is 1. The molecule has 3 nitrogen and oxygen atoms in total. The van der Waals surface area contributed by atoms with Crippen molar-refractivity contribution in [3.8, 4) is 0 Å². The Kier molecular flexibility index (Phi) is 4.56. The second kappa shape index (κ2) is 6.17. The molecule has 0 aliphatic rings. The van der Waals surface area contributed by atoms with Crippen LogP contribution in [0.15, 0.2) is 40.9 Å². The van der Waals surface area contributed by atoms with Crippen LogP contribution in [0.1, 0.15) is 21.7 Å². The largest absolute Gasteiger partial charge is 0.346 e. The third-order valence-corrected chi connectivity index (χ3v) is 3.18. The van der Waals surface area contributed by atoms with E-state index in [0.717, 1.165) is 15.9 Å². The van der Waals surface area contributed by atoms with Crippen LogP contribution < -0.4 is 5.32 Å². The number of nitrogens with zero attached hydrogens (tertiary/aromatic N) is 1. The van der Waals surface area contributed by atoms with Crippen molar-refractivity contribution in [2.24, 2.45) is 0 Å². The molecule has 1 amide bonds. The second-order valence-electron chi connectivity index (χ2n) is 4.11. The fourth-order valence-corrected chi connectivity index (χ4v) is 2.52. The maximum Gasteiger partial charge on any atom is 0.251 e. The molecular weight excluding hydrogens is 328 g/mol. The van der Waals surface area contributed by atoms with Crippen molar-refractivity contribution in [3.63, 3.8) is 0 Å². The fourth-order valence-electron chi connectivity index (χ4n) is 1.66. The number of rotatable bonds is 3. The SMILES string of the molecule is Cc1cccc(CNC(=O)c2cc(Cl)cc(Br)c2)n1. The van der Waals surface area contributed by atoms with E-state index in [9.17, 15) is 4.79 Å². The van der Waals surface area contributed by atoms with Gasteiger partial charge in [-0.1, -0.05) is 33.6 Å². The fraction of sp³-hybridized carbons (Fsp3) is 0.143. The molecule has 1 aromatic carbocycles. The molecule has 1 heterocycles. The summed E-state index contributed by atoms with van der Waals surface area (Å²) in [4.78, 5) is 16.3. The minimum atomic E-state index is -0.175. The van der Waals surface area contributed by atoms with Gasteiger partial charge in [-0.2, -0.15) is 0 Å². The lowest BCUT2D eigenvalue weighted by Gasteiger charge is -2.06. The zero-order chi connectivity index (χ0) is 13.8. The Morgan fingerprint density at radius 1 is 1.37 bits per heavy atom. The standard InChI is InChI=1S/C14H12BrClN2O/c1-9-3-2-4-13(18-9)8-17-14(19)10-5-11(15)7-12(16)6-10/h2-7H,8H2,1H3,(H,17,19). The first-order valence-corrected chi connectivity index (χ1v) is 6.88. The normalized spacial score (nSPS) is 10.3. The summed E-state index contributed by atoms with van der Waals surface area (Å²) < 4.78 is 0.777. The van der Waals surface area contributed by atoms with Gasteiger partial charge in [0.15, 0.2) is 0 Å². The minimum absolute atomic E-state index is 0.175. The summed E-state index contributed by atoms with van der Waals surface area (Å²) in [6, 6.07) is 10.8. The molecule has 0 unspecified atom stereocenters. The summed E-state index contributed by atoms with van der Waals surface area (Å²) in [7, 11) is 0. The first kappa shape index (κ1) is 14.0. The zero-order valence-electron chi connectivity index (χ0n) is 10.3. The summed E-state index contributed by atoms with van der Waals surface area (Å²) in [6.45, 7) is 2.31. The molecular formula is C14H12BrClN2O. The summed E-state index contributed by atoms with van der Waals surface area (Å²) in [6.07, 6.45) is 0. The number of amides is 1. The molecule has 0 spiro atoms. The maximum absolute atomic E-state index is 12.0. The number of hydrogen-bond donors (Lipinski definition) is 1. The van der Waals surface area contributed by atoms with E-state index < -0.39 is 0 Å². The number of carbonyl (C=O) groups is 1. The van der Waals surface area contributed by atoms with Crippen molar-refractivity contribution in [1.82, 2.24) is 10.3 Å². The van der Waals surface area contributed by atoms with Gasteiger partial charge in [0.25, 0.3) is 5.91 Å². The predicted molar refractivity (Wildman–Crippen MR) is 79.3 cm³/mol. The number of halogens is 2. The number of hydrogen-bond acceptors (Lipinski definition) is 2. The monoisotopic (exact) mass is 338 g/mol. The van der Waals surface area contributed by atoms with Gasteiger partial charge in [-0.3, -0.25) is 9.78 Å². The number of carbonyl (C=O) groups excluding carboxylic acids is 1. The molecule has 2 aromatic rings. The maximum atomic E-state index is 12.0. The smallest absolute Gasteiger partial charge is 0.251 e. The van der Waals surface area contributed by atoms with Crippen LogP contribution in [-0.4, -0.2) is 10.9 Å². The molecule has 0 bridgehead atoms. The van der Waals surface area contributed by atoms with Crippen LogP contribution in [0.5, 0.6) is 0 Å². The number of aromatic nitrogens is 1. The highest BCUT2D eigenvalue weighted by atomic mass is 79.9. The molecule has 5 heteroatoms. The Morgan fingerprint density at radius 3 is 2.84 bits per heavy atom. The van der Waals surface area contributed by atoms with Crippen molar-refractivity contribution in [2.45, 2.75) is 13.5 Å². The van der Waals surface area contributed by atoms with Crippen LogP contribution in [0.2, 0.25) is 5.02 Å². The highest BCUT2D eigenvalue weighted by Gasteiger charge is 2.07. The number of nitrogens with one attached hydrogen (secondary N) is 1. The van der Waals surface area contributed by atoms with Gasteiger partial charge in [0.05, 0.1) is 12.2 Å². The molecule has 0 aliphatic carbocycles. The molecule has 1 aromatic heterocycles. The summed E-state index contributed by atoms with van der Waals surface area (Å²) >= 11 is 9.22. The first-order valence-electron chi connectivity index (χ1n) is 5.71. The Balaban J connectivity index is 2.05. The third kappa shape index (κ3) is 4.04. The van der Waals surface area contributed by atoms with Gasteiger partial charge in [0.2, 0.25) is 0 Å². The Morgan fingerprint density at radius 2 is 2.16 bits per heavy atom. The van der Waals surface area contributed by atoms with Crippen LogP contribution in [0.25, 0.3) is 0 Å². The van der Waals surface area contributed by atoms with E-state index in [1.807, 2.05) is 25.1 Å². The summed E-state index contributed by atoms with van der Waals surface area (Å²) in [5.74, 6) is -0.175. The van der Waals surface area contributed by atoms with Crippen molar-refractivity contribution < 1.29 is 4.79 Å². The van der Waals surface area contributed by atoms with E-state index >= 15 is 0 Å². The molecule has 0 saturated carbocycles. The molecule has 19 heavy (non-hydrogen) atoms. The van der Waals surface area contributed by atoms with Crippen molar-refractivity contribution in [3.05, 3.63) is 62.8 Å². The number of benzene rings is 1. The van der Waals surface area contributed by atoms with Gasteiger partial charge < -0.3 is 5.32 Å². The lowest BCUT2D eigenvalue weighted by atomic mass is 10.2. The van der Waals surface area contributed by atoms with E-state index in [4.69, 9.17) is 11.6 Å². The van der Waals surface area contributed by atoms with Gasteiger partial charge in [0.1, 0.15) is 0 Å². The average Bonchev–Trinajstić information content (AvgIpc) is 2.35. The summed E-state index contributed by atoms with van der Waals surface area (Å²) in [5.41, 5.74) is 2.28. The van der Waals surface area contributed by atoms with Crippen LogP contribution in [0, 0.1) is 6.92 Å². The van der Waals surface area contributed by atoms with E-state index in [2.05, 4.69) is 26.2 Å². The molecule has 2 rings (SSSR count). The van der Waals surface area contributed by atoms with E-state index in [-0.39, 0.29) is 5.91 Å². The number of pyridine rings is 1. The highest BCUT2D eigenvalue weighted by Crippen LogP contribution is 2.19. The van der Waals surface area contributed by atoms with Gasteiger partial charge in [-0.05, 0) is 37.3 Å². The molecule has 0 radical (unpaired) electrons. The van der Waals surface area contributed by atoms with Crippen LogP contribution >= 0.6 is 27.5 Å². The van der Waals surface area contributed by atoms with Gasteiger partial charge in [0, 0.05) is 20.8 Å². The Labute approximate surface area is 125 Å². The lowest BCUT2D eigenvalue weighted by molar-refractivity contribution is 0.0950. The highest BCUT2D eigenvalue weighted by molar-refractivity contribution is 9.10. The van der Waals surface area contributed by atoms with E-state index in [1.165, 1.54) is 0 Å². The minimum Gasteiger partial charge on any atom is -0.346 e.